The van der Waals surface area contributed by atoms with Crippen LogP contribution in [0.3, 0.4) is 0 Å². The van der Waals surface area contributed by atoms with E-state index in [-0.39, 0.29) is 0 Å². The molecule has 7 heteroatoms. The van der Waals surface area contributed by atoms with Crippen LogP contribution in [0.4, 0.5) is 11.9 Å². The zero-order valence-corrected chi connectivity index (χ0v) is 9.47. The summed E-state index contributed by atoms with van der Waals surface area (Å²) in [6, 6.07) is 0.318. The molecule has 0 bridgehead atoms. The molecule has 1 aliphatic rings. The summed E-state index contributed by atoms with van der Waals surface area (Å²) in [7, 11) is 3.70. The Morgan fingerprint density at radius 2 is 2.12 bits per heavy atom. The van der Waals surface area contributed by atoms with Crippen molar-refractivity contribution in [3.8, 4) is 6.01 Å². The number of nitrogens with two attached hydrogens (primary N) is 1. The third-order valence-electron chi connectivity index (χ3n) is 2.28. The van der Waals surface area contributed by atoms with Gasteiger partial charge in [0.05, 0.1) is 6.61 Å². The molecule has 88 valence electrons. The normalized spacial score (nSPS) is 14.7. The zero-order valence-electron chi connectivity index (χ0n) is 9.47. The highest BCUT2D eigenvalue weighted by atomic mass is 16.5. The van der Waals surface area contributed by atoms with E-state index < -0.39 is 0 Å². The second-order valence-electron chi connectivity index (χ2n) is 4.03. The Bertz CT molecular complexity index is 365. The highest BCUT2D eigenvalue weighted by Crippen LogP contribution is 2.29. The summed E-state index contributed by atoms with van der Waals surface area (Å²) in [5.41, 5.74) is 2.40. The van der Waals surface area contributed by atoms with Gasteiger partial charge in [0.15, 0.2) is 0 Å². The lowest BCUT2D eigenvalue weighted by Crippen LogP contribution is -2.18. The molecule has 1 aromatic heterocycles. The molecule has 7 nitrogen and oxygen atoms in total. The average Bonchev–Trinajstić information content (AvgIpc) is 3.09. The summed E-state index contributed by atoms with van der Waals surface area (Å²) in [5.74, 6) is 6.77. The second-order valence-corrected chi connectivity index (χ2v) is 4.03. The van der Waals surface area contributed by atoms with Gasteiger partial charge in [-0.25, -0.2) is 5.84 Å². The molecule has 16 heavy (non-hydrogen) atoms. The first kappa shape index (κ1) is 10.9. The summed E-state index contributed by atoms with van der Waals surface area (Å²) in [5, 5.41) is 0. The van der Waals surface area contributed by atoms with E-state index in [1.54, 1.807) is 4.90 Å². The van der Waals surface area contributed by atoms with E-state index in [0.29, 0.717) is 30.4 Å². The fourth-order valence-electron chi connectivity index (χ4n) is 1.15. The Hall–Kier alpha value is -1.63. The summed E-state index contributed by atoms with van der Waals surface area (Å²) in [6.45, 7) is 0.668. The van der Waals surface area contributed by atoms with Crippen LogP contribution in [0.1, 0.15) is 12.8 Å². The number of hydrogen-bond donors (Lipinski definition) is 2. The number of aromatic nitrogens is 3. The van der Waals surface area contributed by atoms with Gasteiger partial charge in [-0.2, -0.15) is 15.0 Å². The van der Waals surface area contributed by atoms with Gasteiger partial charge in [-0.15, -0.1) is 0 Å². The minimum absolute atomic E-state index is 0.310. The third-order valence-corrected chi connectivity index (χ3v) is 2.28. The molecule has 0 saturated heterocycles. The Labute approximate surface area is 94.0 Å². The number of nitrogens with zero attached hydrogens (tertiary/aromatic N) is 4. The van der Waals surface area contributed by atoms with Crippen molar-refractivity contribution in [2.45, 2.75) is 12.8 Å². The quantitative estimate of drug-likeness (QED) is 0.538. The van der Waals surface area contributed by atoms with Gasteiger partial charge in [-0.05, 0) is 18.8 Å². The van der Waals surface area contributed by atoms with E-state index in [1.165, 1.54) is 12.8 Å². The van der Waals surface area contributed by atoms with Crippen LogP contribution in [0, 0.1) is 5.92 Å². The van der Waals surface area contributed by atoms with E-state index in [9.17, 15) is 0 Å². The molecule has 3 N–H and O–H groups in total. The first-order valence-corrected chi connectivity index (χ1v) is 5.22. The molecule has 1 aliphatic carbocycles. The molecule has 0 aromatic carbocycles. The highest BCUT2D eigenvalue weighted by molar-refractivity contribution is 5.35. The van der Waals surface area contributed by atoms with E-state index in [0.717, 1.165) is 0 Å². The van der Waals surface area contributed by atoms with Gasteiger partial charge in [-0.1, -0.05) is 0 Å². The molecule has 0 spiro atoms. The summed E-state index contributed by atoms with van der Waals surface area (Å²) < 4.78 is 5.48. The van der Waals surface area contributed by atoms with Crippen LogP contribution in [0.25, 0.3) is 0 Å². The van der Waals surface area contributed by atoms with Crippen molar-refractivity contribution in [2.24, 2.45) is 11.8 Å². The van der Waals surface area contributed by atoms with Gasteiger partial charge >= 0.3 is 6.01 Å². The molecule has 2 rings (SSSR count). The van der Waals surface area contributed by atoms with Crippen LogP contribution in [-0.2, 0) is 0 Å². The Balaban J connectivity index is 2.11. The van der Waals surface area contributed by atoms with Crippen molar-refractivity contribution < 1.29 is 4.74 Å². The topological polar surface area (TPSA) is 89.2 Å². The lowest BCUT2D eigenvalue weighted by atomic mass is 10.5. The SMILES string of the molecule is CN(C)c1nc(NN)nc(OCC2CC2)n1. The van der Waals surface area contributed by atoms with E-state index in [4.69, 9.17) is 10.6 Å². The zero-order chi connectivity index (χ0) is 11.5. The van der Waals surface area contributed by atoms with Gasteiger partial charge < -0.3 is 9.64 Å². The van der Waals surface area contributed by atoms with Gasteiger partial charge in [0.1, 0.15) is 0 Å². The van der Waals surface area contributed by atoms with Gasteiger partial charge in [0.25, 0.3) is 0 Å². The van der Waals surface area contributed by atoms with Crippen molar-refractivity contribution in [2.75, 3.05) is 31.0 Å². The van der Waals surface area contributed by atoms with Crippen molar-refractivity contribution in [1.82, 2.24) is 15.0 Å². The summed E-state index contributed by atoms with van der Waals surface area (Å²) in [6.07, 6.45) is 2.46. The van der Waals surface area contributed by atoms with Crippen LogP contribution in [0.5, 0.6) is 6.01 Å². The Morgan fingerprint density at radius 3 is 2.69 bits per heavy atom. The fraction of sp³-hybridized carbons (Fsp3) is 0.667. The van der Waals surface area contributed by atoms with E-state index in [2.05, 4.69) is 20.4 Å². The molecule has 0 atom stereocenters. The summed E-state index contributed by atoms with van der Waals surface area (Å²) in [4.78, 5) is 14.0. The second kappa shape index (κ2) is 4.48. The number of nitrogens with one attached hydrogen (secondary N) is 1. The molecule has 0 amide bonds. The van der Waals surface area contributed by atoms with Crippen molar-refractivity contribution in [1.29, 1.82) is 0 Å². The van der Waals surface area contributed by atoms with Gasteiger partial charge in [0.2, 0.25) is 11.9 Å². The average molecular weight is 224 g/mol. The highest BCUT2D eigenvalue weighted by Gasteiger charge is 2.22. The number of ether oxygens (including phenoxy) is 1. The van der Waals surface area contributed by atoms with Gasteiger partial charge in [-0.3, -0.25) is 5.43 Å². The van der Waals surface area contributed by atoms with Gasteiger partial charge in [0, 0.05) is 14.1 Å². The smallest absolute Gasteiger partial charge is 0.323 e. The molecule has 1 fully saturated rings. The largest absolute Gasteiger partial charge is 0.463 e. The molecule has 0 aliphatic heterocycles. The number of anilines is 2. The monoisotopic (exact) mass is 224 g/mol. The van der Waals surface area contributed by atoms with Crippen LogP contribution >= 0.6 is 0 Å². The van der Waals surface area contributed by atoms with Crippen LogP contribution < -0.4 is 20.9 Å². The lowest BCUT2D eigenvalue weighted by molar-refractivity contribution is 0.276. The molecule has 0 radical (unpaired) electrons. The maximum atomic E-state index is 5.48. The Kier molecular flexibility index (Phi) is 3.04. The minimum Gasteiger partial charge on any atom is -0.463 e. The predicted molar refractivity (Wildman–Crippen MR) is 60.2 cm³/mol. The third kappa shape index (κ3) is 2.69. The summed E-state index contributed by atoms with van der Waals surface area (Å²) >= 11 is 0. The Morgan fingerprint density at radius 1 is 1.38 bits per heavy atom. The van der Waals surface area contributed by atoms with Crippen LogP contribution in [-0.4, -0.2) is 35.7 Å². The molecule has 1 aromatic rings. The van der Waals surface area contributed by atoms with Crippen molar-refractivity contribution >= 4 is 11.9 Å². The number of hydrogen-bond acceptors (Lipinski definition) is 7. The number of rotatable bonds is 5. The molecule has 1 saturated carbocycles. The van der Waals surface area contributed by atoms with E-state index >= 15 is 0 Å². The van der Waals surface area contributed by atoms with Crippen LogP contribution in [0.2, 0.25) is 0 Å². The minimum atomic E-state index is 0.310. The van der Waals surface area contributed by atoms with Crippen molar-refractivity contribution in [3.05, 3.63) is 0 Å². The standard InChI is InChI=1S/C9H16N6O/c1-15(2)8-11-7(14-10)12-9(13-8)16-5-6-3-4-6/h6H,3-5,10H2,1-2H3,(H,11,12,13,14). The number of nitrogen functional groups attached to an aromatic ring is 1. The van der Waals surface area contributed by atoms with Crippen LogP contribution in [0.15, 0.2) is 0 Å². The van der Waals surface area contributed by atoms with E-state index in [1.807, 2.05) is 14.1 Å². The first-order valence-electron chi connectivity index (χ1n) is 5.22. The van der Waals surface area contributed by atoms with Crippen molar-refractivity contribution in [3.63, 3.8) is 0 Å². The molecule has 0 unspecified atom stereocenters. The maximum absolute atomic E-state index is 5.48. The predicted octanol–water partition coefficient (Wildman–Crippen LogP) is 0.0120. The first-order chi connectivity index (χ1) is 7.69. The molecular weight excluding hydrogens is 208 g/mol. The lowest BCUT2D eigenvalue weighted by Gasteiger charge is -2.12. The molecule has 1 heterocycles. The fourth-order valence-corrected chi connectivity index (χ4v) is 1.15. The molecular formula is C9H16N6O. The number of hydrazine groups is 1. The maximum Gasteiger partial charge on any atom is 0.323 e.